The molecule has 0 N–H and O–H groups in total. The van der Waals surface area contributed by atoms with E-state index < -0.39 is 0 Å². The van der Waals surface area contributed by atoms with Gasteiger partial charge in [-0.05, 0) is 56.3 Å². The summed E-state index contributed by atoms with van der Waals surface area (Å²) in [7, 11) is 0. The second-order valence-electron chi connectivity index (χ2n) is 5.13. The molecular weight excluding hydrogens is 148 g/mol. The summed E-state index contributed by atoms with van der Waals surface area (Å²) in [6, 6.07) is 0. The van der Waals surface area contributed by atoms with Gasteiger partial charge in [0.05, 0.1) is 0 Å². The largest absolute Gasteiger partial charge is 0.300 e. The molecule has 4 fully saturated rings. The fraction of sp³-hybridized carbons (Fsp3) is 0.909. The first kappa shape index (κ1) is 7.11. The molecule has 0 amide bonds. The highest BCUT2D eigenvalue weighted by atomic mass is 16.1. The highest BCUT2D eigenvalue weighted by molar-refractivity contribution is 5.79. The highest BCUT2D eigenvalue weighted by Gasteiger charge is 2.54. The molecular formula is C11H16O. The van der Waals surface area contributed by atoms with Gasteiger partial charge in [-0.2, -0.15) is 0 Å². The van der Waals surface area contributed by atoms with Crippen molar-refractivity contribution in [1.29, 1.82) is 0 Å². The minimum atomic E-state index is 0.479. The smallest absolute Gasteiger partial charge is 0.133 e. The van der Waals surface area contributed by atoms with Crippen LogP contribution in [-0.4, -0.2) is 5.78 Å². The van der Waals surface area contributed by atoms with Crippen molar-refractivity contribution in [2.75, 3.05) is 0 Å². The molecule has 5 atom stereocenters. The Balaban J connectivity index is 1.94. The minimum Gasteiger partial charge on any atom is -0.300 e. The van der Waals surface area contributed by atoms with Crippen molar-refractivity contribution in [2.24, 2.45) is 29.6 Å². The zero-order chi connectivity index (χ0) is 8.29. The SMILES string of the molecule is CC(=O)[C@@H]1[C@H]2C[C@H]3C[C@H](C2)[C@H]1C3. The van der Waals surface area contributed by atoms with Crippen molar-refractivity contribution in [3.05, 3.63) is 0 Å². The van der Waals surface area contributed by atoms with Crippen molar-refractivity contribution < 1.29 is 4.79 Å². The Kier molecular flexibility index (Phi) is 1.26. The van der Waals surface area contributed by atoms with Gasteiger partial charge in [-0.3, -0.25) is 4.79 Å². The van der Waals surface area contributed by atoms with E-state index in [0.29, 0.717) is 11.7 Å². The molecule has 0 saturated heterocycles. The third-order valence-electron chi connectivity index (χ3n) is 4.53. The van der Waals surface area contributed by atoms with Gasteiger partial charge in [-0.25, -0.2) is 0 Å². The summed E-state index contributed by atoms with van der Waals surface area (Å²) in [6.45, 7) is 1.80. The third kappa shape index (κ3) is 0.725. The minimum absolute atomic E-state index is 0.479. The maximum atomic E-state index is 11.4. The van der Waals surface area contributed by atoms with E-state index in [0.717, 1.165) is 23.7 Å². The molecule has 0 aromatic rings. The zero-order valence-electron chi connectivity index (χ0n) is 7.62. The summed E-state index contributed by atoms with van der Waals surface area (Å²) < 4.78 is 0. The summed E-state index contributed by atoms with van der Waals surface area (Å²) >= 11 is 0. The summed E-state index contributed by atoms with van der Waals surface area (Å²) in [6.07, 6.45) is 5.58. The maximum absolute atomic E-state index is 11.4. The van der Waals surface area contributed by atoms with Crippen LogP contribution in [0.1, 0.15) is 32.6 Å². The van der Waals surface area contributed by atoms with E-state index in [1.807, 2.05) is 0 Å². The normalized spacial score (nSPS) is 54.9. The Hall–Kier alpha value is -0.330. The summed E-state index contributed by atoms with van der Waals surface area (Å²) in [5.74, 6) is 4.52. The molecule has 0 spiro atoms. The molecule has 1 nitrogen and oxygen atoms in total. The fourth-order valence-electron chi connectivity index (χ4n) is 4.37. The molecule has 12 heavy (non-hydrogen) atoms. The van der Waals surface area contributed by atoms with Crippen LogP contribution in [0.25, 0.3) is 0 Å². The number of carbonyl (C=O) groups excluding carboxylic acids is 1. The summed E-state index contributed by atoms with van der Waals surface area (Å²) in [5, 5.41) is 0. The second kappa shape index (κ2) is 2.12. The average Bonchev–Trinajstić information content (AvgIpc) is 2.38. The monoisotopic (exact) mass is 164 g/mol. The summed E-state index contributed by atoms with van der Waals surface area (Å²) in [4.78, 5) is 11.4. The van der Waals surface area contributed by atoms with Crippen LogP contribution in [0.4, 0.5) is 0 Å². The second-order valence-corrected chi connectivity index (χ2v) is 5.13. The predicted octanol–water partition coefficient (Wildman–Crippen LogP) is 2.26. The van der Waals surface area contributed by atoms with Gasteiger partial charge in [0.1, 0.15) is 5.78 Å². The van der Waals surface area contributed by atoms with Crippen LogP contribution < -0.4 is 0 Å². The van der Waals surface area contributed by atoms with E-state index in [1.165, 1.54) is 25.7 Å². The molecule has 0 aromatic heterocycles. The molecule has 0 heterocycles. The number of ketones is 1. The molecule has 0 aromatic carbocycles. The predicted molar refractivity (Wildman–Crippen MR) is 46.6 cm³/mol. The molecule has 4 rings (SSSR count). The van der Waals surface area contributed by atoms with E-state index in [1.54, 1.807) is 6.92 Å². The lowest BCUT2D eigenvalue weighted by Gasteiger charge is -2.30. The molecule has 1 heteroatoms. The van der Waals surface area contributed by atoms with Crippen LogP contribution in [0.3, 0.4) is 0 Å². The van der Waals surface area contributed by atoms with Crippen molar-refractivity contribution in [2.45, 2.75) is 32.6 Å². The number of Topliss-reactive ketones (excluding diaryl/α,β-unsaturated/α-hetero) is 1. The number of rotatable bonds is 1. The molecule has 4 aliphatic carbocycles. The van der Waals surface area contributed by atoms with Gasteiger partial charge in [-0.1, -0.05) is 0 Å². The Morgan fingerprint density at radius 3 is 2.50 bits per heavy atom. The van der Waals surface area contributed by atoms with Crippen LogP contribution in [0.15, 0.2) is 0 Å². The zero-order valence-corrected chi connectivity index (χ0v) is 7.62. The molecule has 4 bridgehead atoms. The van der Waals surface area contributed by atoms with Crippen LogP contribution in [0.2, 0.25) is 0 Å². The van der Waals surface area contributed by atoms with Crippen molar-refractivity contribution in [3.8, 4) is 0 Å². The fourth-order valence-corrected chi connectivity index (χ4v) is 4.37. The van der Waals surface area contributed by atoms with Gasteiger partial charge < -0.3 is 0 Å². The van der Waals surface area contributed by atoms with E-state index in [-0.39, 0.29) is 0 Å². The van der Waals surface area contributed by atoms with Crippen LogP contribution in [-0.2, 0) is 4.79 Å². The van der Waals surface area contributed by atoms with Crippen molar-refractivity contribution >= 4 is 5.78 Å². The Morgan fingerprint density at radius 1 is 1.08 bits per heavy atom. The van der Waals surface area contributed by atoms with E-state index >= 15 is 0 Å². The van der Waals surface area contributed by atoms with Gasteiger partial charge in [0.25, 0.3) is 0 Å². The maximum Gasteiger partial charge on any atom is 0.133 e. The van der Waals surface area contributed by atoms with Crippen LogP contribution in [0, 0.1) is 29.6 Å². The number of carbonyl (C=O) groups is 1. The van der Waals surface area contributed by atoms with Crippen molar-refractivity contribution in [1.82, 2.24) is 0 Å². The van der Waals surface area contributed by atoms with Gasteiger partial charge in [0.15, 0.2) is 0 Å². The first-order valence-electron chi connectivity index (χ1n) is 5.26. The number of hydrogen-bond donors (Lipinski definition) is 0. The lowest BCUT2D eigenvalue weighted by Crippen LogP contribution is -2.28. The lowest BCUT2D eigenvalue weighted by atomic mass is 9.74. The van der Waals surface area contributed by atoms with E-state index in [2.05, 4.69) is 0 Å². The molecule has 0 radical (unpaired) electrons. The highest BCUT2D eigenvalue weighted by Crippen LogP contribution is 2.61. The molecule has 0 unspecified atom stereocenters. The molecule has 66 valence electrons. The Bertz CT molecular complexity index is 229. The van der Waals surface area contributed by atoms with Crippen LogP contribution in [0.5, 0.6) is 0 Å². The van der Waals surface area contributed by atoms with Gasteiger partial charge >= 0.3 is 0 Å². The van der Waals surface area contributed by atoms with Crippen LogP contribution >= 0.6 is 0 Å². The van der Waals surface area contributed by atoms with E-state index in [4.69, 9.17) is 0 Å². The third-order valence-corrected chi connectivity index (χ3v) is 4.53. The standard InChI is InChI=1S/C11H16O/c1-6(12)11-9-3-7-2-8(5-9)10(11)4-7/h7-11H,2-5H2,1H3/t7-,8-,9+,10-,11-/m1/s1. The molecule has 4 saturated carbocycles. The van der Waals surface area contributed by atoms with Gasteiger partial charge in [0, 0.05) is 5.92 Å². The first-order valence-corrected chi connectivity index (χ1v) is 5.26. The first-order chi connectivity index (χ1) is 5.75. The average molecular weight is 164 g/mol. The lowest BCUT2D eigenvalue weighted by molar-refractivity contribution is -0.124. The van der Waals surface area contributed by atoms with E-state index in [9.17, 15) is 4.79 Å². The number of hydrogen-bond acceptors (Lipinski definition) is 1. The van der Waals surface area contributed by atoms with Gasteiger partial charge in [0.2, 0.25) is 0 Å². The van der Waals surface area contributed by atoms with Crippen molar-refractivity contribution in [3.63, 3.8) is 0 Å². The Labute approximate surface area is 73.5 Å². The van der Waals surface area contributed by atoms with Gasteiger partial charge in [-0.15, -0.1) is 0 Å². The quantitative estimate of drug-likeness (QED) is 0.581. The summed E-state index contributed by atoms with van der Waals surface area (Å²) in [5.41, 5.74) is 0. The Morgan fingerprint density at radius 2 is 1.83 bits per heavy atom. The molecule has 0 aliphatic heterocycles. The molecule has 4 aliphatic rings. The topological polar surface area (TPSA) is 17.1 Å².